The molecule has 3 aromatic carbocycles. The molecule has 0 aliphatic rings. The van der Waals surface area contributed by atoms with Gasteiger partial charge in [-0.1, -0.05) is 66.4 Å². The predicted octanol–water partition coefficient (Wildman–Crippen LogP) is 0.249. The number of hydrogen-bond donors (Lipinski definition) is 3. The summed E-state index contributed by atoms with van der Waals surface area (Å²) in [5.41, 5.74) is 5.80. The molecule has 10 nitrogen and oxygen atoms in total. The average Bonchev–Trinajstić information content (AvgIpc) is 3.12. The number of benzene rings is 3. The predicted molar refractivity (Wildman–Crippen MR) is 197 cm³/mol. The maximum Gasteiger partial charge on any atom is 0.325 e. The second-order valence-electron chi connectivity index (χ2n) is 11.2. The van der Waals surface area contributed by atoms with Crippen LogP contribution in [0.2, 0.25) is 0 Å². The second kappa shape index (κ2) is 23.0. The highest BCUT2D eigenvalue weighted by Crippen LogP contribution is 2.56. The Bertz CT molecular complexity index is 1410. The van der Waals surface area contributed by atoms with Crippen LogP contribution < -0.4 is 49.3 Å². The van der Waals surface area contributed by atoms with Gasteiger partial charge in [0.1, 0.15) is 41.8 Å². The highest BCUT2D eigenvalue weighted by molar-refractivity contribution is 8.13. The SMILES string of the molecule is CCOC(=O)CNC(=O)C(CSC(=O)CCCC[P+](c1ccccc1)(c1ccccc1)c1ccccc1)NC(=O)CCC(N)C(=O)OCC.[Br-]. The molecule has 2 atom stereocenters. The van der Waals surface area contributed by atoms with Crippen molar-refractivity contribution in [3.8, 4) is 0 Å². The van der Waals surface area contributed by atoms with Crippen LogP contribution in [0, 0.1) is 0 Å². The minimum atomic E-state index is -2.01. The monoisotopic (exact) mass is 787 g/mol. The lowest BCUT2D eigenvalue weighted by molar-refractivity contribution is -0.145. The van der Waals surface area contributed by atoms with Crippen LogP contribution in [-0.4, -0.2) is 72.6 Å². The van der Waals surface area contributed by atoms with E-state index in [2.05, 4.69) is 83.4 Å². The van der Waals surface area contributed by atoms with Gasteiger partial charge in [-0.2, -0.15) is 0 Å². The largest absolute Gasteiger partial charge is 1.00 e. The van der Waals surface area contributed by atoms with Crippen LogP contribution >= 0.6 is 19.0 Å². The summed E-state index contributed by atoms with van der Waals surface area (Å²) in [5.74, 6) is -2.41. The molecule has 270 valence electrons. The van der Waals surface area contributed by atoms with Crippen molar-refractivity contribution in [2.45, 2.75) is 58.0 Å². The van der Waals surface area contributed by atoms with E-state index in [-0.39, 0.29) is 60.4 Å². The molecule has 50 heavy (non-hydrogen) atoms. The summed E-state index contributed by atoms with van der Waals surface area (Å²) in [6.45, 7) is 3.26. The third kappa shape index (κ3) is 13.3. The quantitative estimate of drug-likeness (QED) is 0.0832. The first-order valence-corrected chi connectivity index (χ1v) is 19.5. The van der Waals surface area contributed by atoms with Gasteiger partial charge in [-0.15, -0.1) is 0 Å². The number of unbranched alkanes of at least 4 members (excludes halogenated alkanes) is 1. The van der Waals surface area contributed by atoms with Gasteiger partial charge in [0.15, 0.2) is 5.12 Å². The highest BCUT2D eigenvalue weighted by atomic mass is 79.9. The number of ether oxygens (including phenoxy) is 2. The average molecular weight is 789 g/mol. The van der Waals surface area contributed by atoms with Crippen LogP contribution in [0.25, 0.3) is 0 Å². The number of carbonyl (C=O) groups excluding carboxylic acids is 5. The Balaban J connectivity index is 0.00000867. The molecule has 0 aliphatic heterocycles. The Kier molecular flexibility index (Phi) is 19.6. The molecule has 4 N–H and O–H groups in total. The highest BCUT2D eigenvalue weighted by Gasteiger charge is 2.44. The molecule has 0 saturated heterocycles. The first kappa shape index (κ1) is 42.6. The zero-order valence-electron chi connectivity index (χ0n) is 28.6. The van der Waals surface area contributed by atoms with Gasteiger partial charge < -0.3 is 42.8 Å². The fourth-order valence-corrected chi connectivity index (χ4v) is 10.6. The van der Waals surface area contributed by atoms with Crippen molar-refractivity contribution >= 4 is 63.8 Å². The molecular weight excluding hydrogens is 741 g/mol. The smallest absolute Gasteiger partial charge is 0.325 e. The number of rotatable bonds is 20. The molecule has 2 unspecified atom stereocenters. The van der Waals surface area contributed by atoms with E-state index in [0.717, 1.165) is 24.3 Å². The lowest BCUT2D eigenvalue weighted by Gasteiger charge is -2.27. The summed E-state index contributed by atoms with van der Waals surface area (Å²) in [6.07, 6.45) is 2.52. The number of halogens is 1. The zero-order valence-corrected chi connectivity index (χ0v) is 31.9. The van der Waals surface area contributed by atoms with Gasteiger partial charge in [0.2, 0.25) is 11.8 Å². The van der Waals surface area contributed by atoms with Crippen molar-refractivity contribution in [2.75, 3.05) is 31.7 Å². The molecule has 0 spiro atoms. The first-order chi connectivity index (χ1) is 23.7. The van der Waals surface area contributed by atoms with E-state index >= 15 is 0 Å². The normalized spacial score (nSPS) is 12.1. The van der Waals surface area contributed by atoms with Crippen molar-refractivity contribution in [3.05, 3.63) is 91.0 Å². The molecule has 0 fully saturated rings. The van der Waals surface area contributed by atoms with Crippen LogP contribution in [0.5, 0.6) is 0 Å². The molecule has 0 saturated carbocycles. The van der Waals surface area contributed by atoms with Crippen LogP contribution in [0.4, 0.5) is 0 Å². The number of nitrogens with two attached hydrogens (primary N) is 1. The van der Waals surface area contributed by atoms with Crippen LogP contribution in [-0.2, 0) is 33.4 Å². The molecule has 0 bridgehead atoms. The van der Waals surface area contributed by atoms with Gasteiger partial charge in [0.05, 0.1) is 19.4 Å². The van der Waals surface area contributed by atoms with Crippen LogP contribution in [0.1, 0.15) is 46.0 Å². The molecule has 0 aromatic heterocycles. The molecule has 3 rings (SSSR count). The number of nitrogens with one attached hydrogen (secondary N) is 2. The Morgan fingerprint density at radius 2 is 1.28 bits per heavy atom. The van der Waals surface area contributed by atoms with E-state index in [1.165, 1.54) is 15.9 Å². The summed E-state index contributed by atoms with van der Waals surface area (Å²) in [5, 5.41) is 8.82. The Hall–Kier alpha value is -3.57. The summed E-state index contributed by atoms with van der Waals surface area (Å²) < 4.78 is 9.74. The third-order valence-electron chi connectivity index (χ3n) is 7.76. The maximum atomic E-state index is 13.1. The van der Waals surface area contributed by atoms with E-state index in [1.54, 1.807) is 13.8 Å². The molecule has 0 aliphatic carbocycles. The lowest BCUT2D eigenvalue weighted by atomic mass is 10.1. The Labute approximate surface area is 310 Å². The van der Waals surface area contributed by atoms with E-state index in [9.17, 15) is 24.0 Å². The summed E-state index contributed by atoms with van der Waals surface area (Å²) in [7, 11) is -2.01. The number of carbonyl (C=O) groups is 5. The van der Waals surface area contributed by atoms with Gasteiger partial charge in [-0.3, -0.25) is 24.0 Å². The van der Waals surface area contributed by atoms with Crippen molar-refractivity contribution in [2.24, 2.45) is 5.73 Å². The lowest BCUT2D eigenvalue weighted by Crippen LogP contribution is -3.00. The number of hydrogen-bond acceptors (Lipinski definition) is 9. The van der Waals surface area contributed by atoms with E-state index in [1.807, 2.05) is 18.2 Å². The third-order valence-corrected chi connectivity index (χ3v) is 13.3. The van der Waals surface area contributed by atoms with Gasteiger partial charge in [0.25, 0.3) is 0 Å². The fraction of sp³-hybridized carbons (Fsp3) is 0.378. The van der Waals surface area contributed by atoms with Gasteiger partial charge in [-0.25, -0.2) is 0 Å². The fourth-order valence-electron chi connectivity index (χ4n) is 5.35. The van der Waals surface area contributed by atoms with Crippen molar-refractivity contribution in [1.29, 1.82) is 0 Å². The first-order valence-electron chi connectivity index (χ1n) is 16.6. The minimum absolute atomic E-state index is 0. The number of thioether (sulfide) groups is 1. The number of amides is 2. The van der Waals surface area contributed by atoms with Crippen molar-refractivity contribution in [3.63, 3.8) is 0 Å². The van der Waals surface area contributed by atoms with Crippen LogP contribution in [0.15, 0.2) is 91.0 Å². The Morgan fingerprint density at radius 1 is 0.760 bits per heavy atom. The maximum absolute atomic E-state index is 13.1. The molecule has 2 amide bonds. The minimum Gasteiger partial charge on any atom is -1.00 e. The molecule has 13 heteroatoms. The van der Waals surface area contributed by atoms with Gasteiger partial charge >= 0.3 is 11.9 Å². The second-order valence-corrected chi connectivity index (χ2v) is 15.9. The van der Waals surface area contributed by atoms with Crippen molar-refractivity contribution in [1.82, 2.24) is 10.6 Å². The summed E-state index contributed by atoms with van der Waals surface area (Å²) in [6, 6.07) is 29.6. The van der Waals surface area contributed by atoms with Gasteiger partial charge in [0, 0.05) is 18.6 Å². The molecule has 0 heterocycles. The van der Waals surface area contributed by atoms with E-state index in [4.69, 9.17) is 15.2 Å². The topological polar surface area (TPSA) is 154 Å². The van der Waals surface area contributed by atoms with Crippen LogP contribution in [0.3, 0.4) is 0 Å². The summed E-state index contributed by atoms with van der Waals surface area (Å²) >= 11 is 0.962. The Morgan fingerprint density at radius 3 is 1.78 bits per heavy atom. The zero-order chi connectivity index (χ0) is 35.5. The number of esters is 2. The molecule has 3 aromatic rings. The van der Waals surface area contributed by atoms with E-state index in [0.29, 0.717) is 12.8 Å². The summed E-state index contributed by atoms with van der Waals surface area (Å²) in [4.78, 5) is 62.4. The molecule has 0 radical (unpaired) electrons. The van der Waals surface area contributed by atoms with Crippen molar-refractivity contribution < 1.29 is 50.4 Å². The molecular formula is C37H47BrN3O7PS. The van der Waals surface area contributed by atoms with E-state index < -0.39 is 43.1 Å². The van der Waals surface area contributed by atoms with Gasteiger partial charge in [-0.05, 0) is 69.5 Å². The standard InChI is InChI=1S/C37H46N3O7PS.BrH/c1-3-46-34(42)26-39-36(44)32(40-33(41)24-23-31(38)37(45)47-4-2)27-49-35(43)22-14-15-25-48(28-16-8-5-9-17-28,29-18-10-6-11-19-29)30-20-12-7-13-21-30;/h5-13,16-21,31-32H,3-4,14-15,22-27,38H2,1-2H3,(H-,39,40,41,44);1H.